The van der Waals surface area contributed by atoms with Gasteiger partial charge in [-0.15, -0.1) is 0 Å². The fourth-order valence-electron chi connectivity index (χ4n) is 5.37. The molecule has 0 spiro atoms. The molecule has 35 heavy (non-hydrogen) atoms. The van der Waals surface area contributed by atoms with Gasteiger partial charge in [0.1, 0.15) is 0 Å². The third kappa shape index (κ3) is 4.79. The summed E-state index contributed by atoms with van der Waals surface area (Å²) in [4.78, 5) is 32.3. The van der Waals surface area contributed by atoms with Crippen molar-refractivity contribution in [3.05, 3.63) is 102 Å². The molecule has 2 amide bonds. The molecule has 5 nitrogen and oxygen atoms in total. The van der Waals surface area contributed by atoms with Gasteiger partial charge in [0, 0.05) is 26.2 Å². The van der Waals surface area contributed by atoms with Crippen molar-refractivity contribution in [3.63, 3.8) is 0 Å². The highest BCUT2D eigenvalue weighted by molar-refractivity contribution is 6.22. The van der Waals surface area contributed by atoms with E-state index in [9.17, 15) is 9.59 Å². The first-order chi connectivity index (χ1) is 17.0. The van der Waals surface area contributed by atoms with Gasteiger partial charge in [0.25, 0.3) is 5.91 Å². The zero-order valence-electron chi connectivity index (χ0n) is 20.5. The minimum atomic E-state index is -0.374. The Balaban J connectivity index is 1.29. The second kappa shape index (κ2) is 10.1. The summed E-state index contributed by atoms with van der Waals surface area (Å²) in [6.45, 7) is 7.49. The first kappa shape index (κ1) is 23.5. The number of anilines is 1. The Hall–Kier alpha value is -3.28. The highest BCUT2D eigenvalue weighted by Gasteiger charge is 2.43. The maximum atomic E-state index is 13.3. The lowest BCUT2D eigenvalue weighted by Crippen LogP contribution is -2.53. The third-order valence-corrected chi connectivity index (χ3v) is 7.33. The molecule has 2 heterocycles. The van der Waals surface area contributed by atoms with Gasteiger partial charge in [-0.3, -0.25) is 19.4 Å². The van der Waals surface area contributed by atoms with Gasteiger partial charge in [-0.1, -0.05) is 86.6 Å². The summed E-state index contributed by atoms with van der Waals surface area (Å²) in [6.07, 6.45) is 0.256. The number of carbonyl (C=O) groups excluding carboxylic acids is 2. The Morgan fingerprint density at radius 2 is 1.23 bits per heavy atom. The number of imide groups is 1. The van der Waals surface area contributed by atoms with E-state index in [1.165, 1.54) is 21.6 Å². The highest BCUT2D eigenvalue weighted by Crippen LogP contribution is 2.32. The number of nitrogens with zero attached hydrogens (tertiary/aromatic N) is 3. The Morgan fingerprint density at radius 3 is 1.74 bits per heavy atom. The molecule has 0 aromatic heterocycles. The fraction of sp³-hybridized carbons (Fsp3) is 0.333. The zero-order chi connectivity index (χ0) is 24.4. The molecule has 3 aromatic rings. The van der Waals surface area contributed by atoms with Gasteiger partial charge < -0.3 is 0 Å². The average molecular weight is 468 g/mol. The molecule has 0 aliphatic carbocycles. The van der Waals surface area contributed by atoms with E-state index in [1.807, 2.05) is 36.4 Å². The predicted molar refractivity (Wildman–Crippen MR) is 139 cm³/mol. The molecule has 180 valence electrons. The summed E-state index contributed by atoms with van der Waals surface area (Å²) in [6, 6.07) is 28.8. The number of benzene rings is 3. The molecular weight excluding hydrogens is 434 g/mol. The zero-order valence-corrected chi connectivity index (χ0v) is 20.5. The molecule has 0 N–H and O–H groups in total. The topological polar surface area (TPSA) is 43.9 Å². The molecule has 0 saturated carbocycles. The van der Waals surface area contributed by atoms with E-state index < -0.39 is 0 Å². The van der Waals surface area contributed by atoms with Crippen molar-refractivity contribution in [2.24, 2.45) is 0 Å². The maximum absolute atomic E-state index is 13.3. The maximum Gasteiger partial charge on any atom is 0.251 e. The van der Waals surface area contributed by atoms with Crippen molar-refractivity contribution in [2.75, 3.05) is 31.1 Å². The second-order valence-corrected chi connectivity index (χ2v) is 9.83. The Morgan fingerprint density at radius 1 is 0.686 bits per heavy atom. The number of piperazine rings is 1. The van der Waals surface area contributed by atoms with Crippen LogP contribution >= 0.6 is 0 Å². The molecule has 5 rings (SSSR count). The van der Waals surface area contributed by atoms with Gasteiger partial charge >= 0.3 is 0 Å². The van der Waals surface area contributed by atoms with Gasteiger partial charge in [0.05, 0.1) is 24.2 Å². The minimum Gasteiger partial charge on any atom is -0.290 e. The van der Waals surface area contributed by atoms with E-state index in [4.69, 9.17) is 0 Å². The van der Waals surface area contributed by atoms with Crippen LogP contribution in [-0.2, 0) is 9.59 Å². The number of amides is 2. The number of hydrogen-bond donors (Lipinski definition) is 0. The first-order valence-corrected chi connectivity index (χ1v) is 12.6. The van der Waals surface area contributed by atoms with Crippen LogP contribution < -0.4 is 4.90 Å². The smallest absolute Gasteiger partial charge is 0.251 e. The summed E-state index contributed by atoms with van der Waals surface area (Å²) in [5.74, 6) is 0.211. The Bertz CT molecular complexity index is 1110. The number of hydrogen-bond acceptors (Lipinski definition) is 4. The molecule has 0 radical (unpaired) electrons. The van der Waals surface area contributed by atoms with Crippen LogP contribution in [-0.4, -0.2) is 53.8 Å². The van der Waals surface area contributed by atoms with Crippen LogP contribution in [0.15, 0.2) is 84.9 Å². The quantitative estimate of drug-likeness (QED) is 0.486. The van der Waals surface area contributed by atoms with Crippen LogP contribution in [0.5, 0.6) is 0 Å². The van der Waals surface area contributed by atoms with Crippen molar-refractivity contribution in [3.8, 4) is 0 Å². The van der Waals surface area contributed by atoms with Gasteiger partial charge in [0.15, 0.2) is 0 Å². The van der Waals surface area contributed by atoms with Crippen molar-refractivity contribution in [1.82, 2.24) is 9.80 Å². The SMILES string of the molecule is CC(C)c1ccc(N2C(=O)CC(N3CCN(C(c4ccccc4)c4ccccc4)CC3)C2=O)cc1. The van der Waals surface area contributed by atoms with Gasteiger partial charge in [-0.05, 0) is 34.7 Å². The molecule has 0 bridgehead atoms. The second-order valence-electron chi connectivity index (χ2n) is 9.83. The van der Waals surface area contributed by atoms with Crippen molar-refractivity contribution in [2.45, 2.75) is 38.3 Å². The number of carbonyl (C=O) groups is 2. The van der Waals surface area contributed by atoms with Crippen LogP contribution in [0, 0.1) is 0 Å². The van der Waals surface area contributed by atoms with Gasteiger partial charge in [-0.2, -0.15) is 0 Å². The van der Waals surface area contributed by atoms with Crippen LogP contribution in [0.2, 0.25) is 0 Å². The summed E-state index contributed by atoms with van der Waals surface area (Å²) < 4.78 is 0. The lowest BCUT2D eigenvalue weighted by Gasteiger charge is -2.41. The summed E-state index contributed by atoms with van der Waals surface area (Å²) >= 11 is 0. The summed E-state index contributed by atoms with van der Waals surface area (Å²) in [5.41, 5.74) is 4.43. The standard InChI is InChI=1S/C30H33N3O2/c1-22(2)23-13-15-26(16-14-23)33-28(34)21-27(30(33)35)31-17-19-32(20-18-31)29(24-9-5-3-6-10-24)25-11-7-4-8-12-25/h3-16,22,27,29H,17-21H2,1-2H3. The molecular formula is C30H33N3O2. The lowest BCUT2D eigenvalue weighted by atomic mass is 9.96. The van der Waals surface area contributed by atoms with E-state index in [-0.39, 0.29) is 30.3 Å². The molecule has 2 fully saturated rings. The van der Waals surface area contributed by atoms with Crippen molar-refractivity contribution in [1.29, 1.82) is 0 Å². The van der Waals surface area contributed by atoms with Crippen molar-refractivity contribution >= 4 is 17.5 Å². The average Bonchev–Trinajstić information content (AvgIpc) is 3.19. The fourth-order valence-corrected chi connectivity index (χ4v) is 5.37. The van der Waals surface area contributed by atoms with E-state index in [0.717, 1.165) is 26.2 Å². The first-order valence-electron chi connectivity index (χ1n) is 12.6. The van der Waals surface area contributed by atoms with E-state index in [0.29, 0.717) is 11.6 Å². The molecule has 1 atom stereocenters. The predicted octanol–water partition coefficient (Wildman–Crippen LogP) is 4.85. The molecule has 2 saturated heterocycles. The van der Waals surface area contributed by atoms with E-state index in [2.05, 4.69) is 72.2 Å². The van der Waals surface area contributed by atoms with Crippen LogP contribution in [0.25, 0.3) is 0 Å². The van der Waals surface area contributed by atoms with Gasteiger partial charge in [-0.25, -0.2) is 4.90 Å². The highest BCUT2D eigenvalue weighted by atomic mass is 16.2. The molecule has 2 aliphatic heterocycles. The Labute approximate surface area is 208 Å². The van der Waals surface area contributed by atoms with Crippen LogP contribution in [0.4, 0.5) is 5.69 Å². The largest absolute Gasteiger partial charge is 0.290 e. The van der Waals surface area contributed by atoms with E-state index >= 15 is 0 Å². The normalized spacial score (nSPS) is 19.8. The molecule has 2 aliphatic rings. The van der Waals surface area contributed by atoms with Crippen molar-refractivity contribution < 1.29 is 9.59 Å². The third-order valence-electron chi connectivity index (χ3n) is 7.33. The Kier molecular flexibility index (Phi) is 6.80. The summed E-state index contributed by atoms with van der Waals surface area (Å²) in [7, 11) is 0. The molecule has 1 unspecified atom stereocenters. The molecule has 3 aromatic carbocycles. The van der Waals surface area contributed by atoms with E-state index in [1.54, 1.807) is 0 Å². The summed E-state index contributed by atoms with van der Waals surface area (Å²) in [5, 5.41) is 0. The van der Waals surface area contributed by atoms with Crippen LogP contribution in [0.1, 0.15) is 48.9 Å². The number of rotatable bonds is 6. The molecule has 5 heteroatoms. The lowest BCUT2D eigenvalue weighted by molar-refractivity contribution is -0.123. The monoisotopic (exact) mass is 467 g/mol. The minimum absolute atomic E-state index is 0.0941. The van der Waals surface area contributed by atoms with Crippen LogP contribution in [0.3, 0.4) is 0 Å². The van der Waals surface area contributed by atoms with Gasteiger partial charge in [0.2, 0.25) is 5.91 Å².